The smallest absolute Gasteiger partial charge is 0.135 e. The minimum absolute atomic E-state index is 0.493. The molecule has 4 nitrogen and oxygen atoms in total. The number of imidazole rings is 1. The summed E-state index contributed by atoms with van der Waals surface area (Å²) < 4.78 is 1.15. The van der Waals surface area contributed by atoms with Gasteiger partial charge >= 0.3 is 0 Å². The van der Waals surface area contributed by atoms with E-state index in [0.29, 0.717) is 12.2 Å². The first-order chi connectivity index (χ1) is 8.33. The number of nitrogens with zero attached hydrogens (tertiary/aromatic N) is 2. The molecule has 0 saturated heterocycles. The lowest BCUT2D eigenvalue weighted by Gasteiger charge is -2.03. The Morgan fingerprint density at radius 2 is 2.24 bits per heavy atom. The maximum atomic E-state index is 9.96. The van der Waals surface area contributed by atoms with E-state index in [2.05, 4.69) is 15.0 Å². The molecule has 3 rings (SSSR count). The monoisotopic (exact) mass is 245 g/mol. The Bertz CT molecular complexity index is 585. The standard InChI is InChI=1S/C12H11N3OS/c16-9(12-13-5-6-14-12)7-11-15-8-3-1-2-4-10(8)17-11/h1-6,9,16H,7H2,(H,13,14). The van der Waals surface area contributed by atoms with Gasteiger partial charge < -0.3 is 10.1 Å². The molecule has 1 aromatic carbocycles. The molecule has 3 aromatic rings. The van der Waals surface area contributed by atoms with Gasteiger partial charge in [-0.15, -0.1) is 11.3 Å². The molecule has 0 saturated carbocycles. The van der Waals surface area contributed by atoms with Crippen molar-refractivity contribution in [1.82, 2.24) is 15.0 Å². The Labute approximate surface area is 102 Å². The number of nitrogens with one attached hydrogen (secondary N) is 1. The number of hydrogen-bond acceptors (Lipinski definition) is 4. The SMILES string of the molecule is OC(Cc1nc2ccccc2s1)c1ncc[nH]1. The van der Waals surface area contributed by atoms with Crippen LogP contribution < -0.4 is 0 Å². The van der Waals surface area contributed by atoms with Crippen molar-refractivity contribution in [3.63, 3.8) is 0 Å². The quantitative estimate of drug-likeness (QED) is 0.744. The van der Waals surface area contributed by atoms with Crippen LogP contribution in [0.15, 0.2) is 36.7 Å². The van der Waals surface area contributed by atoms with E-state index in [1.165, 1.54) is 0 Å². The highest BCUT2D eigenvalue weighted by atomic mass is 32.1. The van der Waals surface area contributed by atoms with Crippen LogP contribution in [-0.2, 0) is 6.42 Å². The summed E-state index contributed by atoms with van der Waals surface area (Å²) in [5, 5.41) is 10.9. The van der Waals surface area contributed by atoms with Crippen molar-refractivity contribution in [2.45, 2.75) is 12.5 Å². The summed E-state index contributed by atoms with van der Waals surface area (Å²) in [5.41, 5.74) is 0.985. The predicted octanol–water partition coefficient (Wildman–Crippen LogP) is 2.30. The fourth-order valence-electron chi connectivity index (χ4n) is 1.73. The second-order valence-corrected chi connectivity index (χ2v) is 4.88. The third-order valence-corrected chi connectivity index (χ3v) is 3.60. The van der Waals surface area contributed by atoms with Gasteiger partial charge in [-0.3, -0.25) is 0 Å². The van der Waals surface area contributed by atoms with Crippen LogP contribution in [0.3, 0.4) is 0 Å². The van der Waals surface area contributed by atoms with E-state index in [4.69, 9.17) is 0 Å². The molecule has 0 radical (unpaired) electrons. The molecule has 1 unspecified atom stereocenters. The largest absolute Gasteiger partial charge is 0.385 e. The highest BCUT2D eigenvalue weighted by Gasteiger charge is 2.13. The summed E-state index contributed by atoms with van der Waals surface area (Å²) in [4.78, 5) is 11.4. The van der Waals surface area contributed by atoms with E-state index in [-0.39, 0.29) is 0 Å². The Morgan fingerprint density at radius 1 is 1.35 bits per heavy atom. The number of hydrogen-bond donors (Lipinski definition) is 2. The number of rotatable bonds is 3. The zero-order chi connectivity index (χ0) is 11.7. The van der Waals surface area contributed by atoms with Gasteiger partial charge in [-0.2, -0.15) is 0 Å². The van der Waals surface area contributed by atoms with E-state index >= 15 is 0 Å². The van der Waals surface area contributed by atoms with Gasteiger partial charge in [-0.1, -0.05) is 12.1 Å². The number of aliphatic hydroxyl groups excluding tert-OH is 1. The molecule has 2 aromatic heterocycles. The van der Waals surface area contributed by atoms with Gasteiger partial charge in [0.2, 0.25) is 0 Å². The van der Waals surface area contributed by atoms with Gasteiger partial charge in [-0.05, 0) is 12.1 Å². The summed E-state index contributed by atoms with van der Waals surface area (Å²) in [6.45, 7) is 0. The number of H-pyrrole nitrogens is 1. The second kappa shape index (κ2) is 4.27. The Balaban J connectivity index is 1.85. The van der Waals surface area contributed by atoms with E-state index in [1.807, 2.05) is 24.3 Å². The number of aromatic nitrogens is 3. The fourth-order valence-corrected chi connectivity index (χ4v) is 2.73. The van der Waals surface area contributed by atoms with Gasteiger partial charge in [0.15, 0.2) is 0 Å². The number of fused-ring (bicyclic) bond motifs is 1. The Hall–Kier alpha value is -1.72. The van der Waals surface area contributed by atoms with E-state index in [0.717, 1.165) is 15.2 Å². The van der Waals surface area contributed by atoms with E-state index in [9.17, 15) is 5.11 Å². The lowest BCUT2D eigenvalue weighted by Crippen LogP contribution is -2.03. The topological polar surface area (TPSA) is 61.8 Å². The van der Waals surface area contributed by atoms with Gasteiger partial charge in [-0.25, -0.2) is 9.97 Å². The maximum absolute atomic E-state index is 9.96. The normalized spacial score (nSPS) is 13.0. The summed E-state index contributed by atoms with van der Waals surface area (Å²) >= 11 is 1.61. The molecule has 0 spiro atoms. The molecule has 5 heteroatoms. The molecule has 0 aliphatic carbocycles. The minimum Gasteiger partial charge on any atom is -0.385 e. The van der Waals surface area contributed by atoms with Crippen LogP contribution in [0.4, 0.5) is 0 Å². The average Bonchev–Trinajstić information content (AvgIpc) is 2.97. The van der Waals surface area contributed by atoms with Crippen molar-refractivity contribution < 1.29 is 5.11 Å². The number of thiazole rings is 1. The predicted molar refractivity (Wildman–Crippen MR) is 66.9 cm³/mol. The molecular weight excluding hydrogens is 234 g/mol. The first-order valence-electron chi connectivity index (χ1n) is 5.35. The first-order valence-corrected chi connectivity index (χ1v) is 6.16. The molecular formula is C12H11N3OS. The van der Waals surface area contributed by atoms with Crippen molar-refractivity contribution in [3.8, 4) is 0 Å². The van der Waals surface area contributed by atoms with E-state index < -0.39 is 6.10 Å². The lowest BCUT2D eigenvalue weighted by molar-refractivity contribution is 0.169. The van der Waals surface area contributed by atoms with Crippen LogP contribution in [-0.4, -0.2) is 20.1 Å². The number of aromatic amines is 1. The van der Waals surface area contributed by atoms with Crippen LogP contribution in [0.2, 0.25) is 0 Å². The van der Waals surface area contributed by atoms with Crippen LogP contribution >= 0.6 is 11.3 Å². The molecule has 86 valence electrons. The van der Waals surface area contributed by atoms with Crippen molar-refractivity contribution in [2.75, 3.05) is 0 Å². The minimum atomic E-state index is -0.620. The van der Waals surface area contributed by atoms with Crippen molar-refractivity contribution in [2.24, 2.45) is 0 Å². The Morgan fingerprint density at radius 3 is 3.00 bits per heavy atom. The van der Waals surface area contributed by atoms with Crippen LogP contribution in [0.5, 0.6) is 0 Å². The van der Waals surface area contributed by atoms with Gasteiger partial charge in [0.05, 0.1) is 15.2 Å². The molecule has 2 N–H and O–H groups in total. The average molecular weight is 245 g/mol. The third kappa shape index (κ3) is 2.07. The van der Waals surface area contributed by atoms with Gasteiger partial charge in [0.25, 0.3) is 0 Å². The highest BCUT2D eigenvalue weighted by Crippen LogP contribution is 2.24. The van der Waals surface area contributed by atoms with Crippen molar-refractivity contribution >= 4 is 21.6 Å². The molecule has 17 heavy (non-hydrogen) atoms. The summed E-state index contributed by atoms with van der Waals surface area (Å²) in [6, 6.07) is 7.98. The summed E-state index contributed by atoms with van der Waals surface area (Å²) in [6.07, 6.45) is 3.21. The Kier molecular flexibility index (Phi) is 2.62. The summed E-state index contributed by atoms with van der Waals surface area (Å²) in [7, 11) is 0. The van der Waals surface area contributed by atoms with Gasteiger partial charge in [0.1, 0.15) is 11.9 Å². The number of benzene rings is 1. The molecule has 0 amide bonds. The number of aliphatic hydroxyl groups is 1. The first kappa shape index (κ1) is 10.4. The van der Waals surface area contributed by atoms with Crippen LogP contribution in [0, 0.1) is 0 Å². The van der Waals surface area contributed by atoms with Crippen molar-refractivity contribution in [3.05, 3.63) is 47.5 Å². The molecule has 0 fully saturated rings. The van der Waals surface area contributed by atoms with Crippen LogP contribution in [0.1, 0.15) is 16.9 Å². The molecule has 1 atom stereocenters. The summed E-state index contributed by atoms with van der Waals surface area (Å²) in [5.74, 6) is 0.587. The van der Waals surface area contributed by atoms with E-state index in [1.54, 1.807) is 23.7 Å². The maximum Gasteiger partial charge on any atom is 0.135 e. The molecule has 2 heterocycles. The van der Waals surface area contributed by atoms with Gasteiger partial charge in [0, 0.05) is 18.8 Å². The van der Waals surface area contributed by atoms with Crippen LogP contribution in [0.25, 0.3) is 10.2 Å². The molecule has 0 aliphatic heterocycles. The molecule has 0 bridgehead atoms. The highest BCUT2D eigenvalue weighted by molar-refractivity contribution is 7.18. The zero-order valence-electron chi connectivity index (χ0n) is 9.00. The zero-order valence-corrected chi connectivity index (χ0v) is 9.81. The van der Waals surface area contributed by atoms with Crippen molar-refractivity contribution in [1.29, 1.82) is 0 Å². The molecule has 0 aliphatic rings. The lowest BCUT2D eigenvalue weighted by atomic mass is 10.2. The number of para-hydroxylation sites is 1. The second-order valence-electron chi connectivity index (χ2n) is 3.77. The third-order valence-electron chi connectivity index (χ3n) is 2.54. The fraction of sp³-hybridized carbons (Fsp3) is 0.167.